The zero-order valence-corrected chi connectivity index (χ0v) is 45.7. The topological polar surface area (TPSA) is 78.9 Å². The van der Waals surface area contributed by atoms with E-state index in [0.717, 1.165) is 148 Å². The van der Waals surface area contributed by atoms with E-state index in [1.165, 1.54) is 44.9 Å². The van der Waals surface area contributed by atoms with Crippen LogP contribution < -0.4 is 0 Å². The maximum atomic E-state index is 12.8. The van der Waals surface area contributed by atoms with E-state index in [2.05, 4.69) is 154 Å². The molecule has 0 amide bonds. The van der Waals surface area contributed by atoms with Gasteiger partial charge in [0.25, 0.3) is 0 Å². The Balaban J connectivity index is 4.42. The van der Waals surface area contributed by atoms with Gasteiger partial charge in [-0.05, 0) is 135 Å². The molecule has 0 saturated carbocycles. The van der Waals surface area contributed by atoms with E-state index in [9.17, 15) is 14.4 Å². The first-order valence-corrected chi connectivity index (χ1v) is 28.7. The van der Waals surface area contributed by atoms with Crippen LogP contribution in [0.3, 0.4) is 0 Å². The number of carbonyl (C=O) groups is 3. The normalized spacial score (nSPS) is 13.1. The lowest BCUT2D eigenvalue weighted by Gasteiger charge is -2.18. The van der Waals surface area contributed by atoms with Crippen LogP contribution in [0.1, 0.15) is 239 Å². The van der Waals surface area contributed by atoms with Crippen molar-refractivity contribution < 1.29 is 28.6 Å². The second-order valence-corrected chi connectivity index (χ2v) is 18.5. The molecule has 0 radical (unpaired) electrons. The Morgan fingerprint density at radius 3 is 0.958 bits per heavy atom. The van der Waals surface area contributed by atoms with Crippen molar-refractivity contribution in [3.63, 3.8) is 0 Å². The van der Waals surface area contributed by atoms with Gasteiger partial charge in [0.2, 0.25) is 0 Å². The van der Waals surface area contributed by atoms with Crippen LogP contribution in [0.5, 0.6) is 0 Å². The second kappa shape index (κ2) is 58.1. The van der Waals surface area contributed by atoms with Crippen molar-refractivity contribution in [2.75, 3.05) is 13.2 Å². The lowest BCUT2D eigenvalue weighted by Crippen LogP contribution is -2.30. The predicted octanol–water partition coefficient (Wildman–Crippen LogP) is 19.4. The largest absolute Gasteiger partial charge is 0.462 e. The van der Waals surface area contributed by atoms with Gasteiger partial charge in [-0.1, -0.05) is 219 Å². The van der Waals surface area contributed by atoms with E-state index in [-0.39, 0.29) is 31.1 Å². The van der Waals surface area contributed by atoms with Crippen LogP contribution in [0.25, 0.3) is 0 Å². The van der Waals surface area contributed by atoms with Crippen LogP contribution in [0.15, 0.2) is 134 Å². The molecule has 0 bridgehead atoms. The SMILES string of the molecule is CC/C=C\C/C=C\C/C=C\C/C=C\C/C=C\C/C=C\C/C=C\C/C=C\CCCCC(=O)OCC(COC(=O)CCCCCCC/C=C\CCC)OC(=O)CCCCCCC/C=C\C/C=C\CCCCCC. The summed E-state index contributed by atoms with van der Waals surface area (Å²) in [6.07, 6.45) is 81.6. The Morgan fingerprint density at radius 1 is 0.296 bits per heavy atom. The van der Waals surface area contributed by atoms with E-state index in [1.807, 2.05) is 0 Å². The van der Waals surface area contributed by atoms with E-state index < -0.39 is 6.10 Å². The molecule has 0 aromatic heterocycles. The standard InChI is InChI=1S/C65H104O6/c1-4-7-10-13-16-19-22-24-26-28-29-30-31-32-33-34-35-36-37-38-40-41-43-46-49-52-55-58-64(67)70-61-62(60-69-63(66)57-54-51-48-45-21-18-15-12-9-6-3)71-65(68)59-56-53-50-47-44-42-39-27-25-23-20-17-14-11-8-5-2/h7,10,12,15-16,19-20,23-24,26-27,29-30,32-33,35-36,38-40,43,46,62H,4-6,8-9,11,13-14,17-18,21-22,25,28,31,34,37,41-42,44-45,47-61H2,1-3H3/b10-7-,15-12-,19-16-,23-20-,26-24-,30-29-,33-32-,36-35-,39-27-,40-38-,46-43-. The summed E-state index contributed by atoms with van der Waals surface area (Å²) in [6, 6.07) is 0. The Hall–Kier alpha value is -4.45. The Labute approximate surface area is 436 Å². The summed E-state index contributed by atoms with van der Waals surface area (Å²) >= 11 is 0. The molecule has 400 valence electrons. The number of unbranched alkanes of at least 4 members (excludes halogenated alkanes) is 17. The zero-order chi connectivity index (χ0) is 51.4. The summed E-state index contributed by atoms with van der Waals surface area (Å²) in [4.78, 5) is 38.0. The average Bonchev–Trinajstić information content (AvgIpc) is 3.37. The van der Waals surface area contributed by atoms with Gasteiger partial charge in [-0.2, -0.15) is 0 Å². The van der Waals surface area contributed by atoms with Gasteiger partial charge in [0.1, 0.15) is 13.2 Å². The number of carbonyl (C=O) groups excluding carboxylic acids is 3. The number of ether oxygens (including phenoxy) is 3. The van der Waals surface area contributed by atoms with Crippen molar-refractivity contribution in [1.82, 2.24) is 0 Å². The van der Waals surface area contributed by atoms with Crippen molar-refractivity contribution in [2.45, 2.75) is 245 Å². The second-order valence-electron chi connectivity index (χ2n) is 18.5. The van der Waals surface area contributed by atoms with Crippen molar-refractivity contribution in [2.24, 2.45) is 0 Å². The zero-order valence-electron chi connectivity index (χ0n) is 45.7. The van der Waals surface area contributed by atoms with Crippen molar-refractivity contribution >= 4 is 17.9 Å². The minimum atomic E-state index is -0.811. The maximum absolute atomic E-state index is 12.8. The fourth-order valence-corrected chi connectivity index (χ4v) is 7.31. The molecule has 1 atom stereocenters. The summed E-state index contributed by atoms with van der Waals surface area (Å²) < 4.78 is 16.8. The molecule has 1 unspecified atom stereocenters. The molecule has 0 fully saturated rings. The van der Waals surface area contributed by atoms with Crippen LogP contribution in [0.4, 0.5) is 0 Å². The van der Waals surface area contributed by atoms with Gasteiger partial charge in [0.05, 0.1) is 0 Å². The van der Waals surface area contributed by atoms with Crippen molar-refractivity contribution in [3.8, 4) is 0 Å². The van der Waals surface area contributed by atoms with Crippen LogP contribution >= 0.6 is 0 Å². The lowest BCUT2D eigenvalue weighted by molar-refractivity contribution is -0.167. The summed E-state index contributed by atoms with van der Waals surface area (Å²) in [5.74, 6) is -0.982. The number of esters is 3. The predicted molar refractivity (Wildman–Crippen MR) is 306 cm³/mol. The number of rotatable bonds is 50. The van der Waals surface area contributed by atoms with Gasteiger partial charge in [-0.25, -0.2) is 0 Å². The van der Waals surface area contributed by atoms with Gasteiger partial charge in [0.15, 0.2) is 6.10 Å². The first kappa shape index (κ1) is 66.6. The molecular weight excluding hydrogens is 877 g/mol. The minimum absolute atomic E-state index is 0.106. The van der Waals surface area contributed by atoms with Gasteiger partial charge in [0, 0.05) is 19.3 Å². The van der Waals surface area contributed by atoms with Crippen molar-refractivity contribution in [1.29, 1.82) is 0 Å². The Morgan fingerprint density at radius 2 is 0.577 bits per heavy atom. The molecule has 71 heavy (non-hydrogen) atoms. The third kappa shape index (κ3) is 56.3. The highest BCUT2D eigenvalue weighted by Crippen LogP contribution is 2.13. The summed E-state index contributed by atoms with van der Waals surface area (Å²) in [5, 5.41) is 0. The summed E-state index contributed by atoms with van der Waals surface area (Å²) in [5.41, 5.74) is 0. The highest BCUT2D eigenvalue weighted by atomic mass is 16.6. The monoisotopic (exact) mass is 981 g/mol. The van der Waals surface area contributed by atoms with Crippen molar-refractivity contribution in [3.05, 3.63) is 134 Å². The minimum Gasteiger partial charge on any atom is -0.462 e. The Bertz CT molecular complexity index is 1550. The Kier molecular flexibility index (Phi) is 54.5. The van der Waals surface area contributed by atoms with Gasteiger partial charge < -0.3 is 14.2 Å². The van der Waals surface area contributed by atoms with Crippen LogP contribution in [-0.4, -0.2) is 37.2 Å². The summed E-state index contributed by atoms with van der Waals surface area (Å²) in [7, 11) is 0. The first-order chi connectivity index (χ1) is 35.0. The van der Waals surface area contributed by atoms with Crippen LogP contribution in [0, 0.1) is 0 Å². The molecule has 0 aliphatic rings. The smallest absolute Gasteiger partial charge is 0.306 e. The van der Waals surface area contributed by atoms with Crippen LogP contribution in [-0.2, 0) is 28.6 Å². The highest BCUT2D eigenvalue weighted by Gasteiger charge is 2.19. The molecule has 0 heterocycles. The third-order valence-corrected chi connectivity index (χ3v) is 11.6. The molecule has 0 aliphatic carbocycles. The molecule has 6 nitrogen and oxygen atoms in total. The van der Waals surface area contributed by atoms with Gasteiger partial charge in [-0.3, -0.25) is 14.4 Å². The highest BCUT2D eigenvalue weighted by molar-refractivity contribution is 5.71. The molecule has 0 aromatic carbocycles. The molecule has 0 saturated heterocycles. The fraction of sp³-hybridized carbons (Fsp3) is 0.615. The van der Waals surface area contributed by atoms with Gasteiger partial charge in [-0.15, -0.1) is 0 Å². The summed E-state index contributed by atoms with van der Waals surface area (Å²) in [6.45, 7) is 6.38. The fourth-order valence-electron chi connectivity index (χ4n) is 7.31. The average molecular weight is 982 g/mol. The molecule has 6 heteroatoms. The molecule has 0 spiro atoms. The molecule has 0 aromatic rings. The van der Waals surface area contributed by atoms with Crippen LogP contribution in [0.2, 0.25) is 0 Å². The number of allylic oxidation sites excluding steroid dienone is 22. The third-order valence-electron chi connectivity index (χ3n) is 11.6. The number of hydrogen-bond donors (Lipinski definition) is 0. The number of hydrogen-bond acceptors (Lipinski definition) is 6. The molecule has 0 N–H and O–H groups in total. The molecule has 0 aliphatic heterocycles. The maximum Gasteiger partial charge on any atom is 0.306 e. The van der Waals surface area contributed by atoms with Gasteiger partial charge >= 0.3 is 17.9 Å². The van der Waals surface area contributed by atoms with E-state index >= 15 is 0 Å². The van der Waals surface area contributed by atoms with E-state index in [0.29, 0.717) is 25.7 Å². The first-order valence-electron chi connectivity index (χ1n) is 28.7. The van der Waals surface area contributed by atoms with E-state index in [4.69, 9.17) is 14.2 Å². The quantitative estimate of drug-likeness (QED) is 0.0262. The molecular formula is C65H104O6. The molecule has 0 rings (SSSR count). The van der Waals surface area contributed by atoms with E-state index in [1.54, 1.807) is 0 Å². The lowest BCUT2D eigenvalue weighted by atomic mass is 10.1.